The van der Waals surface area contributed by atoms with Gasteiger partial charge in [-0.3, -0.25) is 4.79 Å². The maximum Gasteiger partial charge on any atom is 0.243 e. The largest absolute Gasteiger partial charge is 0.319 e. The molecule has 1 rings (SSSR count). The Bertz CT molecular complexity index is 406. The number of aryl methyl sites for hydroxylation is 2. The van der Waals surface area contributed by atoms with E-state index in [1.54, 1.807) is 0 Å². The molecule has 3 N–H and O–H groups in total. The summed E-state index contributed by atoms with van der Waals surface area (Å²) in [5.74, 6) is -0.172. The summed E-state index contributed by atoms with van der Waals surface area (Å²) < 4.78 is 0. The van der Waals surface area contributed by atoms with E-state index >= 15 is 0 Å². The molecule has 0 saturated carbocycles. The maximum atomic E-state index is 11.9. The van der Waals surface area contributed by atoms with Gasteiger partial charge in [0.2, 0.25) is 5.91 Å². The van der Waals surface area contributed by atoms with Crippen molar-refractivity contribution in [1.82, 2.24) is 4.98 Å². The first-order valence-electron chi connectivity index (χ1n) is 5.78. The summed E-state index contributed by atoms with van der Waals surface area (Å²) in [4.78, 5) is 17.4. The smallest absolute Gasteiger partial charge is 0.243 e. The molecule has 0 aromatic carbocycles. The number of carbonyl (C=O) groups excluding carboxylic acids is 1. The third kappa shape index (κ3) is 3.51. The number of amides is 1. The lowest BCUT2D eigenvalue weighted by Crippen LogP contribution is -2.45. The van der Waals surface area contributed by atoms with E-state index in [0.29, 0.717) is 5.13 Å². The van der Waals surface area contributed by atoms with E-state index in [9.17, 15) is 4.79 Å². The highest BCUT2D eigenvalue weighted by Crippen LogP contribution is 2.24. The zero-order valence-electron chi connectivity index (χ0n) is 11.1. The Kier molecular flexibility index (Phi) is 4.27. The van der Waals surface area contributed by atoms with Crippen molar-refractivity contribution in [2.75, 3.05) is 5.32 Å². The number of nitrogens with zero attached hydrogens (tertiary/aromatic N) is 1. The fourth-order valence-electron chi connectivity index (χ4n) is 1.39. The molecule has 0 fully saturated rings. The van der Waals surface area contributed by atoms with E-state index in [1.165, 1.54) is 11.3 Å². The van der Waals surface area contributed by atoms with E-state index in [-0.39, 0.29) is 11.3 Å². The Labute approximate surface area is 107 Å². The number of nitrogens with one attached hydrogen (secondary N) is 1. The van der Waals surface area contributed by atoms with Gasteiger partial charge in [0.1, 0.15) is 0 Å². The van der Waals surface area contributed by atoms with Crippen LogP contribution < -0.4 is 11.1 Å². The molecule has 0 spiro atoms. The van der Waals surface area contributed by atoms with Crippen LogP contribution in [-0.4, -0.2) is 16.9 Å². The van der Waals surface area contributed by atoms with Crippen molar-refractivity contribution in [2.45, 2.75) is 47.1 Å². The minimum absolute atomic E-state index is 0.172. The molecule has 0 bridgehead atoms. The lowest BCUT2D eigenvalue weighted by Gasteiger charge is -2.25. The van der Waals surface area contributed by atoms with Crippen LogP contribution in [0.25, 0.3) is 0 Å². The molecule has 1 atom stereocenters. The number of rotatable bonds is 3. The second kappa shape index (κ2) is 5.14. The molecule has 0 saturated heterocycles. The first kappa shape index (κ1) is 14.1. The van der Waals surface area contributed by atoms with Gasteiger partial charge in [-0.25, -0.2) is 4.98 Å². The van der Waals surface area contributed by atoms with Crippen LogP contribution in [-0.2, 0) is 11.2 Å². The summed E-state index contributed by atoms with van der Waals surface area (Å²) in [6, 6.07) is -0.531. The molecule has 1 aromatic rings. The van der Waals surface area contributed by atoms with E-state index in [1.807, 2.05) is 27.7 Å². The van der Waals surface area contributed by atoms with Gasteiger partial charge >= 0.3 is 0 Å². The minimum atomic E-state index is -0.531. The molecule has 1 amide bonds. The maximum absolute atomic E-state index is 11.9. The molecule has 96 valence electrons. The summed E-state index contributed by atoms with van der Waals surface area (Å²) in [6.07, 6.45) is 0.879. The Balaban J connectivity index is 2.74. The second-order valence-corrected chi connectivity index (χ2v) is 6.41. The van der Waals surface area contributed by atoms with Gasteiger partial charge in [0.25, 0.3) is 0 Å². The number of carbonyl (C=O) groups is 1. The molecular formula is C12H21N3OS. The zero-order valence-corrected chi connectivity index (χ0v) is 11.9. The lowest BCUT2D eigenvalue weighted by molar-refractivity contribution is -0.119. The highest BCUT2D eigenvalue weighted by Gasteiger charge is 2.28. The van der Waals surface area contributed by atoms with Crippen LogP contribution in [0, 0.1) is 12.3 Å². The average molecular weight is 255 g/mol. The highest BCUT2D eigenvalue weighted by molar-refractivity contribution is 7.15. The molecule has 1 unspecified atom stereocenters. The number of aromatic nitrogens is 1. The first-order valence-corrected chi connectivity index (χ1v) is 6.60. The third-order valence-electron chi connectivity index (χ3n) is 2.67. The van der Waals surface area contributed by atoms with Gasteiger partial charge in [-0.1, -0.05) is 27.7 Å². The molecular weight excluding hydrogens is 234 g/mol. The van der Waals surface area contributed by atoms with E-state index in [4.69, 9.17) is 5.73 Å². The van der Waals surface area contributed by atoms with E-state index < -0.39 is 6.04 Å². The van der Waals surface area contributed by atoms with Crippen LogP contribution in [0.1, 0.15) is 38.3 Å². The van der Waals surface area contributed by atoms with Crippen molar-refractivity contribution < 1.29 is 4.79 Å². The summed E-state index contributed by atoms with van der Waals surface area (Å²) in [6.45, 7) is 9.90. The van der Waals surface area contributed by atoms with Crippen molar-refractivity contribution in [3.63, 3.8) is 0 Å². The zero-order chi connectivity index (χ0) is 13.2. The van der Waals surface area contributed by atoms with Crippen LogP contribution in [0.15, 0.2) is 0 Å². The Morgan fingerprint density at radius 1 is 1.53 bits per heavy atom. The molecule has 4 nitrogen and oxygen atoms in total. The topological polar surface area (TPSA) is 68.0 Å². The minimum Gasteiger partial charge on any atom is -0.319 e. The van der Waals surface area contributed by atoms with Crippen LogP contribution in [0.4, 0.5) is 5.13 Å². The molecule has 0 aliphatic heterocycles. The van der Waals surface area contributed by atoms with Gasteiger partial charge in [-0.05, 0) is 18.8 Å². The number of nitrogens with two attached hydrogens (primary N) is 1. The van der Waals surface area contributed by atoms with Crippen LogP contribution in [0.2, 0.25) is 0 Å². The van der Waals surface area contributed by atoms with Gasteiger partial charge in [-0.15, -0.1) is 11.3 Å². The third-order valence-corrected chi connectivity index (χ3v) is 3.60. The van der Waals surface area contributed by atoms with Gasteiger partial charge in [-0.2, -0.15) is 0 Å². The fourth-order valence-corrected chi connectivity index (χ4v) is 2.29. The number of hydrogen-bond donors (Lipinski definition) is 2. The summed E-state index contributed by atoms with van der Waals surface area (Å²) >= 11 is 1.50. The standard InChI is InChI=1S/C12H21N3OS/c1-6-8-7(2)17-11(14-8)15-10(16)9(13)12(3,4)5/h9H,6,13H2,1-5H3,(H,14,15,16). The molecule has 5 heteroatoms. The predicted octanol–water partition coefficient (Wildman–Crippen LogP) is 2.33. The van der Waals surface area contributed by atoms with Crippen molar-refractivity contribution in [3.05, 3.63) is 10.6 Å². The average Bonchev–Trinajstić information content (AvgIpc) is 2.56. The number of hydrogen-bond acceptors (Lipinski definition) is 4. The highest BCUT2D eigenvalue weighted by atomic mass is 32.1. The van der Waals surface area contributed by atoms with E-state index in [0.717, 1.165) is 17.0 Å². The Morgan fingerprint density at radius 2 is 2.12 bits per heavy atom. The van der Waals surface area contributed by atoms with Crippen LogP contribution in [0.5, 0.6) is 0 Å². The Hall–Kier alpha value is -0.940. The van der Waals surface area contributed by atoms with Gasteiger partial charge in [0.15, 0.2) is 5.13 Å². The Morgan fingerprint density at radius 3 is 2.53 bits per heavy atom. The first-order chi connectivity index (χ1) is 7.75. The quantitative estimate of drug-likeness (QED) is 0.871. The van der Waals surface area contributed by atoms with Crippen LogP contribution in [0.3, 0.4) is 0 Å². The lowest BCUT2D eigenvalue weighted by atomic mass is 9.87. The van der Waals surface area contributed by atoms with Crippen molar-refractivity contribution in [1.29, 1.82) is 0 Å². The summed E-state index contributed by atoms with van der Waals surface area (Å²) in [5.41, 5.74) is 6.67. The van der Waals surface area contributed by atoms with Gasteiger partial charge in [0, 0.05) is 4.88 Å². The molecule has 0 aliphatic carbocycles. The second-order valence-electron chi connectivity index (χ2n) is 5.21. The molecule has 17 heavy (non-hydrogen) atoms. The number of anilines is 1. The predicted molar refractivity (Wildman–Crippen MR) is 72.3 cm³/mol. The van der Waals surface area contributed by atoms with Crippen molar-refractivity contribution in [2.24, 2.45) is 11.1 Å². The monoisotopic (exact) mass is 255 g/mol. The van der Waals surface area contributed by atoms with E-state index in [2.05, 4.69) is 17.2 Å². The van der Waals surface area contributed by atoms with Gasteiger partial charge < -0.3 is 11.1 Å². The van der Waals surface area contributed by atoms with Gasteiger partial charge in [0.05, 0.1) is 11.7 Å². The molecule has 1 heterocycles. The van der Waals surface area contributed by atoms with Crippen molar-refractivity contribution in [3.8, 4) is 0 Å². The summed E-state index contributed by atoms with van der Waals surface area (Å²) in [5, 5.41) is 3.43. The number of thiazole rings is 1. The molecule has 1 aromatic heterocycles. The molecule has 0 aliphatic rings. The summed E-state index contributed by atoms with van der Waals surface area (Å²) in [7, 11) is 0. The normalized spacial score (nSPS) is 13.5. The molecule has 0 radical (unpaired) electrons. The van der Waals surface area contributed by atoms with Crippen LogP contribution >= 0.6 is 11.3 Å². The van der Waals surface area contributed by atoms with Crippen molar-refractivity contribution >= 4 is 22.4 Å². The SMILES string of the molecule is CCc1nc(NC(=O)C(N)C(C)(C)C)sc1C. The fraction of sp³-hybridized carbons (Fsp3) is 0.667.